The van der Waals surface area contributed by atoms with Gasteiger partial charge in [0.15, 0.2) is 5.49 Å². The topological polar surface area (TPSA) is 81.2 Å². The van der Waals surface area contributed by atoms with Gasteiger partial charge in [-0.1, -0.05) is 12.8 Å². The van der Waals surface area contributed by atoms with Gasteiger partial charge in [-0.15, -0.1) is 0 Å². The fourth-order valence-corrected chi connectivity index (χ4v) is 3.16. The van der Waals surface area contributed by atoms with Crippen molar-refractivity contribution in [3.8, 4) is 6.07 Å². The van der Waals surface area contributed by atoms with Gasteiger partial charge in [-0.2, -0.15) is 5.26 Å². The maximum Gasteiger partial charge on any atom is 0.158 e. The van der Waals surface area contributed by atoms with Crippen LogP contribution >= 0.6 is 15.9 Å². The average Bonchev–Trinajstić information content (AvgIpc) is 2.96. The Morgan fingerprint density at radius 1 is 1.50 bits per heavy atom. The molecule has 0 saturated heterocycles. The van der Waals surface area contributed by atoms with Gasteiger partial charge in [0.25, 0.3) is 0 Å². The van der Waals surface area contributed by atoms with Crippen LogP contribution in [0, 0.1) is 16.7 Å². The molecule has 0 aromatic carbocycles. The Labute approximate surface area is 112 Å². The molecule has 92 valence electrons. The third kappa shape index (κ3) is 1.58. The van der Waals surface area contributed by atoms with Crippen molar-refractivity contribution in [3.05, 3.63) is 22.0 Å². The summed E-state index contributed by atoms with van der Waals surface area (Å²) in [6, 6.07) is 2.55. The number of nitrogens with one attached hydrogen (secondary N) is 2. The summed E-state index contributed by atoms with van der Waals surface area (Å²) in [6.07, 6.45) is 6.45. The minimum absolute atomic E-state index is 0.151. The van der Waals surface area contributed by atoms with E-state index in [-0.39, 0.29) is 5.49 Å². The summed E-state index contributed by atoms with van der Waals surface area (Å²) in [5, 5.41) is 17.6. The van der Waals surface area contributed by atoms with Crippen molar-refractivity contribution in [2.75, 3.05) is 0 Å². The fraction of sp³-hybridized carbons (Fsp3) is 0.417. The van der Waals surface area contributed by atoms with E-state index in [1.165, 1.54) is 12.8 Å². The Morgan fingerprint density at radius 2 is 2.22 bits per heavy atom. The van der Waals surface area contributed by atoms with E-state index in [1.54, 1.807) is 6.33 Å². The Hall–Kier alpha value is -1.61. The molecule has 2 heterocycles. The van der Waals surface area contributed by atoms with E-state index in [0.29, 0.717) is 21.6 Å². The molecular weight excluding hydrogens is 294 g/mol. The summed E-state index contributed by atoms with van der Waals surface area (Å²) in [5.41, 5.74) is 1.44. The standard InChI is InChI=1S/C12H12BrN5/c13-10-8(5-14)9-11(15)16-6-18(12(9)17-10)7-3-1-2-4-7/h6-7,15,17H,1-4H2. The van der Waals surface area contributed by atoms with Gasteiger partial charge in [-0.05, 0) is 28.8 Å². The number of aromatic amines is 1. The zero-order chi connectivity index (χ0) is 12.7. The number of nitriles is 1. The molecule has 1 aliphatic carbocycles. The monoisotopic (exact) mass is 305 g/mol. The molecule has 2 aromatic heterocycles. The highest BCUT2D eigenvalue weighted by Gasteiger charge is 2.21. The van der Waals surface area contributed by atoms with Crippen LogP contribution in [0.5, 0.6) is 0 Å². The SMILES string of the molecule is N#Cc1c(Br)[nH]c2c1c(=N)ncn2C1CCCC1. The second-order valence-corrected chi connectivity index (χ2v) is 5.38. The van der Waals surface area contributed by atoms with E-state index in [4.69, 9.17) is 10.7 Å². The molecule has 2 aromatic rings. The zero-order valence-corrected chi connectivity index (χ0v) is 11.3. The molecule has 0 bridgehead atoms. The summed E-state index contributed by atoms with van der Waals surface area (Å²) in [7, 11) is 0. The molecule has 1 aliphatic rings. The van der Waals surface area contributed by atoms with Gasteiger partial charge in [0, 0.05) is 6.04 Å². The number of H-pyrrole nitrogens is 1. The van der Waals surface area contributed by atoms with Crippen LogP contribution in [0.4, 0.5) is 0 Å². The second-order valence-electron chi connectivity index (χ2n) is 4.59. The van der Waals surface area contributed by atoms with Gasteiger partial charge in [0.2, 0.25) is 0 Å². The Kier molecular flexibility index (Phi) is 2.71. The number of rotatable bonds is 1. The van der Waals surface area contributed by atoms with Gasteiger partial charge in [-0.3, -0.25) is 5.41 Å². The first-order chi connectivity index (χ1) is 8.72. The molecule has 2 N–H and O–H groups in total. The van der Waals surface area contributed by atoms with Gasteiger partial charge in [0.05, 0.1) is 17.3 Å². The van der Waals surface area contributed by atoms with Gasteiger partial charge >= 0.3 is 0 Å². The van der Waals surface area contributed by atoms with Gasteiger partial charge in [-0.25, -0.2) is 4.98 Å². The third-order valence-corrected chi connectivity index (χ3v) is 4.17. The highest BCUT2D eigenvalue weighted by atomic mass is 79.9. The predicted octanol–water partition coefficient (Wildman–Crippen LogP) is 2.59. The maximum absolute atomic E-state index is 9.17. The van der Waals surface area contributed by atoms with Crippen molar-refractivity contribution in [3.63, 3.8) is 0 Å². The average molecular weight is 306 g/mol. The number of hydrogen-bond donors (Lipinski definition) is 2. The number of halogens is 1. The van der Waals surface area contributed by atoms with Crippen molar-refractivity contribution >= 4 is 27.0 Å². The lowest BCUT2D eigenvalue weighted by atomic mass is 10.2. The van der Waals surface area contributed by atoms with E-state index in [1.807, 2.05) is 0 Å². The molecule has 0 radical (unpaired) electrons. The summed E-state index contributed by atoms with van der Waals surface area (Å²) < 4.78 is 2.71. The molecule has 0 aliphatic heterocycles. The third-order valence-electron chi connectivity index (χ3n) is 3.57. The lowest BCUT2D eigenvalue weighted by Gasteiger charge is -2.14. The minimum Gasteiger partial charge on any atom is -0.334 e. The van der Waals surface area contributed by atoms with Crippen LogP contribution < -0.4 is 5.49 Å². The van der Waals surface area contributed by atoms with Crippen LogP contribution in [0.2, 0.25) is 0 Å². The van der Waals surface area contributed by atoms with Crippen LogP contribution in [0.3, 0.4) is 0 Å². The van der Waals surface area contributed by atoms with Crippen molar-refractivity contribution in [2.45, 2.75) is 31.7 Å². The minimum atomic E-state index is 0.151. The molecule has 3 rings (SSSR count). The lowest BCUT2D eigenvalue weighted by molar-refractivity contribution is 0.521. The normalized spacial score (nSPS) is 16.2. The van der Waals surface area contributed by atoms with E-state index in [9.17, 15) is 0 Å². The summed E-state index contributed by atoms with van der Waals surface area (Å²) in [5.74, 6) is 0. The highest BCUT2D eigenvalue weighted by Crippen LogP contribution is 2.32. The molecule has 1 fully saturated rings. The second kappa shape index (κ2) is 4.25. The molecule has 6 heteroatoms. The van der Waals surface area contributed by atoms with Crippen LogP contribution in [0.1, 0.15) is 37.3 Å². The Balaban J connectivity index is 2.32. The van der Waals surface area contributed by atoms with E-state index >= 15 is 0 Å². The first kappa shape index (κ1) is 11.5. The van der Waals surface area contributed by atoms with Crippen molar-refractivity contribution in [1.29, 1.82) is 10.7 Å². The fourth-order valence-electron chi connectivity index (χ4n) is 2.69. The van der Waals surface area contributed by atoms with Gasteiger partial charge in [0.1, 0.15) is 16.3 Å². The van der Waals surface area contributed by atoms with Crippen LogP contribution in [0.15, 0.2) is 10.9 Å². The van der Waals surface area contributed by atoms with E-state index in [2.05, 4.69) is 36.5 Å². The molecule has 0 atom stereocenters. The summed E-state index contributed by atoms with van der Waals surface area (Å²) in [6.45, 7) is 0. The largest absolute Gasteiger partial charge is 0.334 e. The van der Waals surface area contributed by atoms with Crippen LogP contribution in [0.25, 0.3) is 11.0 Å². The Bertz CT molecular complexity index is 700. The predicted molar refractivity (Wildman–Crippen MR) is 69.9 cm³/mol. The number of nitrogens with zero attached hydrogens (tertiary/aromatic N) is 3. The maximum atomic E-state index is 9.17. The van der Waals surface area contributed by atoms with E-state index in [0.717, 1.165) is 18.5 Å². The van der Waals surface area contributed by atoms with Crippen molar-refractivity contribution in [1.82, 2.24) is 14.5 Å². The van der Waals surface area contributed by atoms with Crippen molar-refractivity contribution in [2.24, 2.45) is 0 Å². The first-order valence-electron chi connectivity index (χ1n) is 5.95. The first-order valence-corrected chi connectivity index (χ1v) is 6.74. The number of aromatic nitrogens is 3. The molecular formula is C12H12BrN5. The smallest absolute Gasteiger partial charge is 0.158 e. The number of hydrogen-bond acceptors (Lipinski definition) is 3. The van der Waals surface area contributed by atoms with Crippen LogP contribution in [-0.4, -0.2) is 14.5 Å². The molecule has 0 amide bonds. The molecule has 0 unspecified atom stereocenters. The summed E-state index contributed by atoms with van der Waals surface area (Å²) in [4.78, 5) is 7.27. The van der Waals surface area contributed by atoms with Crippen LogP contribution in [-0.2, 0) is 0 Å². The molecule has 5 nitrogen and oxygen atoms in total. The number of fused-ring (bicyclic) bond motifs is 1. The summed E-state index contributed by atoms with van der Waals surface area (Å²) >= 11 is 3.34. The lowest BCUT2D eigenvalue weighted by Crippen LogP contribution is -2.15. The highest BCUT2D eigenvalue weighted by molar-refractivity contribution is 9.10. The molecule has 0 spiro atoms. The van der Waals surface area contributed by atoms with Gasteiger partial charge < -0.3 is 9.55 Å². The van der Waals surface area contributed by atoms with E-state index < -0.39 is 0 Å². The Morgan fingerprint density at radius 3 is 2.89 bits per heavy atom. The molecule has 1 saturated carbocycles. The zero-order valence-electron chi connectivity index (χ0n) is 9.70. The quantitative estimate of drug-likeness (QED) is 0.849. The molecule has 18 heavy (non-hydrogen) atoms. The van der Waals surface area contributed by atoms with Crippen molar-refractivity contribution < 1.29 is 0 Å².